The van der Waals surface area contributed by atoms with Crippen LogP contribution in [0.2, 0.25) is 0 Å². The Hall–Kier alpha value is -1.55. The number of anilines is 1. The van der Waals surface area contributed by atoms with Crippen molar-refractivity contribution in [2.45, 2.75) is 38.8 Å². The van der Waals surface area contributed by atoms with Crippen LogP contribution in [0.25, 0.3) is 0 Å². The second kappa shape index (κ2) is 6.57. The Balaban J connectivity index is 2.10. The summed E-state index contributed by atoms with van der Waals surface area (Å²) in [6.45, 7) is 4.95. The Labute approximate surface area is 114 Å². The number of ether oxygens (including phenoxy) is 2. The van der Waals surface area contributed by atoms with Gasteiger partial charge in [0.05, 0.1) is 12.7 Å². The molecule has 0 spiro atoms. The average molecular weight is 263 g/mol. The molecule has 0 aliphatic carbocycles. The van der Waals surface area contributed by atoms with Crippen LogP contribution in [0.4, 0.5) is 5.69 Å². The van der Waals surface area contributed by atoms with E-state index in [-0.39, 0.29) is 12.1 Å². The van der Waals surface area contributed by atoms with Gasteiger partial charge in [-0.25, -0.2) is 4.79 Å². The average Bonchev–Trinajstić information content (AvgIpc) is 2.90. The zero-order chi connectivity index (χ0) is 13.7. The third-order valence-electron chi connectivity index (χ3n) is 3.22. The molecular formula is C15H21NO3. The number of hydrogen-bond donors (Lipinski definition) is 1. The van der Waals surface area contributed by atoms with Crippen molar-refractivity contribution in [2.24, 2.45) is 0 Å². The van der Waals surface area contributed by atoms with Gasteiger partial charge in [-0.2, -0.15) is 0 Å². The van der Waals surface area contributed by atoms with E-state index in [4.69, 9.17) is 9.47 Å². The lowest BCUT2D eigenvalue weighted by molar-refractivity contribution is -0.146. The van der Waals surface area contributed by atoms with Gasteiger partial charge in [0.15, 0.2) is 6.04 Å². The van der Waals surface area contributed by atoms with Crippen LogP contribution in [0.3, 0.4) is 0 Å². The van der Waals surface area contributed by atoms with E-state index < -0.39 is 6.04 Å². The molecule has 1 aromatic carbocycles. The van der Waals surface area contributed by atoms with Crippen molar-refractivity contribution < 1.29 is 14.3 Å². The third kappa shape index (κ3) is 3.70. The van der Waals surface area contributed by atoms with Gasteiger partial charge in [-0.3, -0.25) is 0 Å². The van der Waals surface area contributed by atoms with Crippen molar-refractivity contribution in [1.29, 1.82) is 0 Å². The summed E-state index contributed by atoms with van der Waals surface area (Å²) in [5.74, 6) is -0.240. The van der Waals surface area contributed by atoms with E-state index in [1.807, 2.05) is 38.1 Å². The molecule has 2 unspecified atom stereocenters. The summed E-state index contributed by atoms with van der Waals surface area (Å²) < 4.78 is 10.8. The van der Waals surface area contributed by atoms with E-state index in [9.17, 15) is 4.79 Å². The van der Waals surface area contributed by atoms with Crippen LogP contribution >= 0.6 is 0 Å². The normalized spacial score (nSPS) is 20.0. The van der Waals surface area contributed by atoms with Gasteiger partial charge in [0.1, 0.15) is 0 Å². The Morgan fingerprint density at radius 3 is 3.05 bits per heavy atom. The lowest BCUT2D eigenvalue weighted by Gasteiger charge is -2.23. The highest BCUT2D eigenvalue weighted by atomic mass is 16.5. The van der Waals surface area contributed by atoms with E-state index in [0.29, 0.717) is 6.61 Å². The summed E-state index contributed by atoms with van der Waals surface area (Å²) in [6.07, 6.45) is 1.79. The number of carbonyl (C=O) groups is 1. The van der Waals surface area contributed by atoms with Crippen LogP contribution in [0.1, 0.15) is 25.3 Å². The van der Waals surface area contributed by atoms with Gasteiger partial charge in [-0.15, -0.1) is 0 Å². The first-order valence-electron chi connectivity index (χ1n) is 6.82. The summed E-state index contributed by atoms with van der Waals surface area (Å²) in [5.41, 5.74) is 2.08. The lowest BCUT2D eigenvalue weighted by atomic mass is 10.1. The maximum atomic E-state index is 12.1. The second-order valence-electron chi connectivity index (χ2n) is 4.80. The SMILES string of the molecule is CCOC(=O)C(Nc1cccc(C)c1)C1CCCO1. The maximum absolute atomic E-state index is 12.1. The molecule has 2 atom stereocenters. The van der Waals surface area contributed by atoms with Gasteiger partial charge in [0.25, 0.3) is 0 Å². The summed E-state index contributed by atoms with van der Waals surface area (Å²) in [5, 5.41) is 3.25. The Kier molecular flexibility index (Phi) is 4.80. The fraction of sp³-hybridized carbons (Fsp3) is 0.533. The highest BCUT2D eigenvalue weighted by Crippen LogP contribution is 2.21. The summed E-state index contributed by atoms with van der Waals surface area (Å²) in [4.78, 5) is 12.1. The summed E-state index contributed by atoms with van der Waals surface area (Å²) in [7, 11) is 0. The topological polar surface area (TPSA) is 47.6 Å². The smallest absolute Gasteiger partial charge is 0.331 e. The molecule has 0 amide bonds. The molecule has 1 heterocycles. The van der Waals surface area contributed by atoms with E-state index in [2.05, 4.69) is 5.32 Å². The third-order valence-corrected chi connectivity index (χ3v) is 3.22. The molecule has 1 N–H and O–H groups in total. The van der Waals surface area contributed by atoms with Crippen LogP contribution in [0, 0.1) is 6.92 Å². The van der Waals surface area contributed by atoms with E-state index in [1.54, 1.807) is 0 Å². The highest BCUT2D eigenvalue weighted by molar-refractivity contribution is 5.80. The molecule has 1 aliphatic heterocycles. The molecule has 0 saturated carbocycles. The minimum Gasteiger partial charge on any atom is -0.464 e. The molecule has 1 aliphatic rings. The minimum atomic E-state index is -0.427. The van der Waals surface area contributed by atoms with Gasteiger partial charge in [0.2, 0.25) is 0 Å². The highest BCUT2D eigenvalue weighted by Gasteiger charge is 2.32. The van der Waals surface area contributed by atoms with E-state index in [0.717, 1.165) is 30.7 Å². The molecule has 4 nitrogen and oxygen atoms in total. The fourth-order valence-corrected chi connectivity index (χ4v) is 2.32. The monoisotopic (exact) mass is 263 g/mol. The number of carbonyl (C=O) groups excluding carboxylic acids is 1. The molecule has 2 rings (SSSR count). The van der Waals surface area contributed by atoms with Crippen molar-refractivity contribution >= 4 is 11.7 Å². The zero-order valence-electron chi connectivity index (χ0n) is 11.5. The molecule has 0 bridgehead atoms. The van der Waals surface area contributed by atoms with Gasteiger partial charge in [-0.1, -0.05) is 12.1 Å². The van der Waals surface area contributed by atoms with E-state index >= 15 is 0 Å². The lowest BCUT2D eigenvalue weighted by Crippen LogP contribution is -2.41. The van der Waals surface area contributed by atoms with Gasteiger partial charge in [0, 0.05) is 12.3 Å². The van der Waals surface area contributed by atoms with Crippen molar-refractivity contribution in [1.82, 2.24) is 0 Å². The Bertz CT molecular complexity index is 427. The number of hydrogen-bond acceptors (Lipinski definition) is 4. The molecule has 1 fully saturated rings. The van der Waals surface area contributed by atoms with E-state index in [1.165, 1.54) is 0 Å². The molecule has 19 heavy (non-hydrogen) atoms. The second-order valence-corrected chi connectivity index (χ2v) is 4.80. The standard InChI is InChI=1S/C15H21NO3/c1-3-18-15(17)14(13-8-5-9-19-13)16-12-7-4-6-11(2)10-12/h4,6-7,10,13-14,16H,3,5,8-9H2,1-2H3. The predicted molar refractivity (Wildman–Crippen MR) is 74.2 cm³/mol. The zero-order valence-corrected chi connectivity index (χ0v) is 11.5. The first-order chi connectivity index (χ1) is 9.20. The fourth-order valence-electron chi connectivity index (χ4n) is 2.32. The number of aryl methyl sites for hydroxylation is 1. The number of esters is 1. The summed E-state index contributed by atoms with van der Waals surface area (Å²) >= 11 is 0. The molecule has 1 aromatic rings. The van der Waals surface area contributed by atoms with Gasteiger partial charge < -0.3 is 14.8 Å². The summed E-state index contributed by atoms with van der Waals surface area (Å²) in [6, 6.07) is 7.53. The molecular weight excluding hydrogens is 242 g/mol. The van der Waals surface area contributed by atoms with Crippen LogP contribution in [0.15, 0.2) is 24.3 Å². The van der Waals surface area contributed by atoms with Crippen molar-refractivity contribution in [3.05, 3.63) is 29.8 Å². The van der Waals surface area contributed by atoms with Crippen molar-refractivity contribution in [3.8, 4) is 0 Å². The Morgan fingerprint density at radius 2 is 2.42 bits per heavy atom. The van der Waals surface area contributed by atoms with Crippen molar-refractivity contribution in [3.63, 3.8) is 0 Å². The molecule has 4 heteroatoms. The molecule has 0 radical (unpaired) electrons. The van der Waals surface area contributed by atoms with Gasteiger partial charge in [-0.05, 0) is 44.4 Å². The Morgan fingerprint density at radius 1 is 1.58 bits per heavy atom. The number of nitrogens with one attached hydrogen (secondary N) is 1. The molecule has 104 valence electrons. The predicted octanol–water partition coefficient (Wildman–Crippen LogP) is 2.52. The molecule has 1 saturated heterocycles. The largest absolute Gasteiger partial charge is 0.464 e. The van der Waals surface area contributed by atoms with Crippen LogP contribution in [-0.4, -0.2) is 31.3 Å². The van der Waals surface area contributed by atoms with Crippen LogP contribution in [0.5, 0.6) is 0 Å². The van der Waals surface area contributed by atoms with Crippen LogP contribution < -0.4 is 5.32 Å². The first kappa shape index (κ1) is 13.9. The maximum Gasteiger partial charge on any atom is 0.331 e. The first-order valence-corrected chi connectivity index (χ1v) is 6.82. The van der Waals surface area contributed by atoms with Crippen molar-refractivity contribution in [2.75, 3.05) is 18.5 Å². The van der Waals surface area contributed by atoms with Crippen LogP contribution in [-0.2, 0) is 14.3 Å². The molecule has 0 aromatic heterocycles. The van der Waals surface area contributed by atoms with Gasteiger partial charge >= 0.3 is 5.97 Å². The minimum absolute atomic E-state index is 0.0976. The quantitative estimate of drug-likeness (QED) is 0.829. The number of rotatable bonds is 5. The number of benzene rings is 1.